The monoisotopic (exact) mass is 621 g/mol. The maximum Gasteiger partial charge on any atom is 0.238 e. The molecule has 2 aromatic carbocycles. The number of ether oxygens (including phenoxy) is 1. The number of hydrogen-bond acceptors (Lipinski definition) is 7. The van der Waals surface area contributed by atoms with Crippen molar-refractivity contribution in [1.29, 1.82) is 0 Å². The van der Waals surface area contributed by atoms with Gasteiger partial charge in [0.15, 0.2) is 0 Å². The fourth-order valence-electron chi connectivity index (χ4n) is 6.39. The van der Waals surface area contributed by atoms with Gasteiger partial charge in [0.25, 0.3) is 0 Å². The van der Waals surface area contributed by atoms with Crippen molar-refractivity contribution in [3.05, 3.63) is 77.6 Å². The molecule has 44 heavy (non-hydrogen) atoms. The molecule has 2 aliphatic rings. The quantitative estimate of drug-likeness (QED) is 0.250. The highest BCUT2D eigenvalue weighted by molar-refractivity contribution is 7.92. The molecular formula is C32H33F2N5O4S. The molecule has 1 aliphatic carbocycles. The molecule has 1 fully saturated rings. The summed E-state index contributed by atoms with van der Waals surface area (Å²) >= 11 is 0. The summed E-state index contributed by atoms with van der Waals surface area (Å²) in [4.78, 5) is 24.0. The molecule has 12 heteroatoms. The van der Waals surface area contributed by atoms with Crippen LogP contribution < -0.4 is 19.7 Å². The molecule has 6 rings (SSSR count). The Morgan fingerprint density at radius 1 is 1.09 bits per heavy atom. The molecule has 1 amide bonds. The van der Waals surface area contributed by atoms with E-state index in [1.165, 1.54) is 24.4 Å². The van der Waals surface area contributed by atoms with Gasteiger partial charge in [0.2, 0.25) is 21.8 Å². The maximum absolute atomic E-state index is 15.7. The van der Waals surface area contributed by atoms with E-state index in [0.29, 0.717) is 47.1 Å². The first kappa shape index (κ1) is 29.9. The smallest absolute Gasteiger partial charge is 0.238 e. The number of amides is 1. The Kier molecular flexibility index (Phi) is 7.53. The number of fused-ring (bicyclic) bond motifs is 4. The fourth-order valence-corrected chi connectivity index (χ4v) is 6.93. The minimum Gasteiger partial charge on any atom is -0.475 e. The van der Waals surface area contributed by atoms with Gasteiger partial charge in [-0.3, -0.25) is 14.5 Å². The molecule has 0 atom stereocenters. The van der Waals surface area contributed by atoms with Crippen LogP contribution >= 0.6 is 0 Å². The van der Waals surface area contributed by atoms with E-state index in [4.69, 9.17) is 4.74 Å². The van der Waals surface area contributed by atoms with E-state index in [0.717, 1.165) is 11.8 Å². The lowest BCUT2D eigenvalue weighted by atomic mass is 9.57. The highest BCUT2D eigenvalue weighted by Gasteiger charge is 2.59. The predicted octanol–water partition coefficient (Wildman–Crippen LogP) is 5.12. The Labute approximate surface area is 254 Å². The van der Waals surface area contributed by atoms with Crippen LogP contribution in [0.15, 0.2) is 54.9 Å². The van der Waals surface area contributed by atoms with Crippen molar-refractivity contribution in [2.24, 2.45) is 0 Å². The Morgan fingerprint density at radius 3 is 2.55 bits per heavy atom. The molecule has 0 saturated heterocycles. The molecule has 3 heterocycles. The van der Waals surface area contributed by atoms with Gasteiger partial charge in [0.1, 0.15) is 23.9 Å². The number of anilines is 2. The SMILES string of the molecule is CC(C)NCCOc1ncc(-c2cc3c(cc2F)ncc2c3[C@]3(C[C@H](c4ccccc4F)C3)C(=O)N2C)cc1NS(C)(=O)=O. The number of rotatable bonds is 9. The van der Waals surface area contributed by atoms with Gasteiger partial charge in [0, 0.05) is 54.0 Å². The largest absolute Gasteiger partial charge is 0.475 e. The molecule has 9 nitrogen and oxygen atoms in total. The van der Waals surface area contributed by atoms with Crippen LogP contribution in [0.2, 0.25) is 0 Å². The lowest BCUT2D eigenvalue weighted by molar-refractivity contribution is -0.126. The Hall–Kier alpha value is -4.16. The van der Waals surface area contributed by atoms with E-state index in [9.17, 15) is 17.6 Å². The number of sulfonamides is 1. The number of nitrogens with zero attached hydrogens (tertiary/aromatic N) is 3. The van der Waals surface area contributed by atoms with Crippen molar-refractivity contribution in [3.63, 3.8) is 0 Å². The number of halogens is 2. The van der Waals surface area contributed by atoms with E-state index in [1.807, 2.05) is 13.8 Å². The van der Waals surface area contributed by atoms with Gasteiger partial charge >= 0.3 is 0 Å². The minimum absolute atomic E-state index is 0.0633. The van der Waals surface area contributed by atoms with Gasteiger partial charge in [-0.1, -0.05) is 32.0 Å². The van der Waals surface area contributed by atoms with Crippen LogP contribution in [0.4, 0.5) is 20.2 Å². The van der Waals surface area contributed by atoms with Gasteiger partial charge in [-0.2, -0.15) is 0 Å². The summed E-state index contributed by atoms with van der Waals surface area (Å²) in [5, 5.41) is 3.81. The van der Waals surface area contributed by atoms with Crippen LogP contribution in [0.5, 0.6) is 5.88 Å². The Balaban J connectivity index is 1.42. The molecule has 1 aliphatic heterocycles. The molecule has 230 valence electrons. The number of benzene rings is 2. The number of likely N-dealkylation sites (N-methyl/N-ethyl adjacent to an activating group) is 1. The van der Waals surface area contributed by atoms with Crippen molar-refractivity contribution in [1.82, 2.24) is 15.3 Å². The van der Waals surface area contributed by atoms with Gasteiger partial charge in [-0.25, -0.2) is 22.2 Å². The van der Waals surface area contributed by atoms with E-state index in [2.05, 4.69) is 20.0 Å². The van der Waals surface area contributed by atoms with Gasteiger partial charge in [0.05, 0.1) is 29.1 Å². The minimum atomic E-state index is -3.71. The third-order valence-electron chi connectivity index (χ3n) is 8.38. The van der Waals surface area contributed by atoms with Crippen LogP contribution in [0.1, 0.15) is 43.7 Å². The molecule has 0 unspecified atom stereocenters. The molecule has 0 bridgehead atoms. The molecule has 1 saturated carbocycles. The average molecular weight is 622 g/mol. The van der Waals surface area contributed by atoms with Gasteiger partial charge in [-0.15, -0.1) is 0 Å². The molecule has 1 spiro atoms. The standard InChI is InChI=1S/C32H33F2N5O4S/c1-18(2)35-9-10-43-30-27(38-44(4,41)42)11-19(16-37-30)22-12-23-26(13-25(22)34)36-17-28-29(23)32(31(40)39(28)3)14-20(15-32)21-7-5-6-8-24(21)33/h5-8,11-13,16-18,20,35,38H,9-10,14-15H2,1-4H3/t20-,32+. The van der Waals surface area contributed by atoms with Crippen LogP contribution in [-0.4, -0.2) is 56.8 Å². The number of pyridine rings is 2. The normalized spacial score (nSPS) is 19.5. The van der Waals surface area contributed by atoms with Crippen molar-refractivity contribution >= 4 is 38.2 Å². The Morgan fingerprint density at radius 2 is 1.84 bits per heavy atom. The zero-order valence-electron chi connectivity index (χ0n) is 24.8. The number of nitrogens with one attached hydrogen (secondary N) is 2. The second-order valence-electron chi connectivity index (χ2n) is 11.8. The third-order valence-corrected chi connectivity index (χ3v) is 8.97. The fraction of sp³-hybridized carbons (Fsp3) is 0.344. The third kappa shape index (κ3) is 5.26. The summed E-state index contributed by atoms with van der Waals surface area (Å²) < 4.78 is 62.8. The summed E-state index contributed by atoms with van der Waals surface area (Å²) in [6, 6.07) is 11.3. The number of carbonyl (C=O) groups excluding carboxylic acids is 1. The Bertz CT molecular complexity index is 1890. The second-order valence-corrected chi connectivity index (χ2v) is 13.6. The lowest BCUT2D eigenvalue weighted by Gasteiger charge is -2.44. The predicted molar refractivity (Wildman–Crippen MR) is 165 cm³/mol. The first-order valence-corrected chi connectivity index (χ1v) is 16.3. The lowest BCUT2D eigenvalue weighted by Crippen LogP contribution is -2.48. The summed E-state index contributed by atoms with van der Waals surface area (Å²) in [7, 11) is -2.02. The van der Waals surface area contributed by atoms with E-state index >= 15 is 4.39 Å². The highest BCUT2D eigenvalue weighted by Crippen LogP contribution is 2.60. The molecule has 2 aromatic heterocycles. The number of hydrogen-bond donors (Lipinski definition) is 2. The maximum atomic E-state index is 15.7. The first-order valence-electron chi connectivity index (χ1n) is 14.4. The van der Waals surface area contributed by atoms with Crippen LogP contribution in [-0.2, 0) is 20.2 Å². The number of carbonyl (C=O) groups is 1. The van der Waals surface area contributed by atoms with E-state index < -0.39 is 21.3 Å². The van der Waals surface area contributed by atoms with Gasteiger partial charge < -0.3 is 15.0 Å². The average Bonchev–Trinajstić information content (AvgIpc) is 3.16. The number of aromatic nitrogens is 2. The molecule has 0 radical (unpaired) electrons. The van der Waals surface area contributed by atoms with Crippen LogP contribution in [0.3, 0.4) is 0 Å². The van der Waals surface area contributed by atoms with E-state index in [-0.39, 0.29) is 47.4 Å². The molecular weight excluding hydrogens is 588 g/mol. The van der Waals surface area contributed by atoms with Crippen LogP contribution in [0.25, 0.3) is 22.0 Å². The van der Waals surface area contributed by atoms with Crippen molar-refractivity contribution < 1.29 is 26.7 Å². The van der Waals surface area contributed by atoms with Crippen LogP contribution in [0, 0.1) is 11.6 Å². The highest BCUT2D eigenvalue weighted by atomic mass is 32.2. The zero-order chi connectivity index (χ0) is 31.4. The van der Waals surface area contributed by atoms with Gasteiger partial charge in [-0.05, 0) is 42.5 Å². The van der Waals surface area contributed by atoms with Crippen molar-refractivity contribution in [2.75, 3.05) is 36.1 Å². The topological polar surface area (TPSA) is 114 Å². The summed E-state index contributed by atoms with van der Waals surface area (Å²) in [5.74, 6) is -1.07. The summed E-state index contributed by atoms with van der Waals surface area (Å²) in [6.45, 7) is 4.75. The summed E-state index contributed by atoms with van der Waals surface area (Å²) in [6.07, 6.45) is 4.84. The first-order chi connectivity index (χ1) is 20.9. The van der Waals surface area contributed by atoms with Crippen molar-refractivity contribution in [3.8, 4) is 17.0 Å². The molecule has 2 N–H and O–H groups in total. The van der Waals surface area contributed by atoms with Crippen molar-refractivity contribution in [2.45, 2.75) is 44.1 Å². The van der Waals surface area contributed by atoms with E-state index in [1.54, 1.807) is 42.4 Å². The second kappa shape index (κ2) is 11.1. The summed E-state index contributed by atoms with van der Waals surface area (Å²) in [5.41, 5.74) is 1.97. The molecule has 4 aromatic rings. The zero-order valence-corrected chi connectivity index (χ0v) is 25.6.